The molecule has 0 aliphatic carbocycles. The van der Waals surface area contributed by atoms with Crippen LogP contribution in [0.25, 0.3) is 0 Å². The van der Waals surface area contributed by atoms with E-state index in [1.54, 1.807) is 13.2 Å². The maximum Gasteiger partial charge on any atom is 0.249 e. The standard InChI is InChI=1S/C27H27ClN2O2/c1-4-17-7-6-8-18(5-2)22(17)16-25-27(31)30-24-14-11-20(28)15-23(24)26(29-25)19-9-12-21(32-3)13-10-19/h6-15,25H,4-5,16H2,1-3H3,(H,30,31). The van der Waals surface area contributed by atoms with E-state index in [9.17, 15) is 4.79 Å². The minimum absolute atomic E-state index is 0.106. The molecule has 164 valence electrons. The lowest BCUT2D eigenvalue weighted by Gasteiger charge is -2.17. The third kappa shape index (κ3) is 4.42. The number of aliphatic imine (C=N–C) groups is 1. The molecule has 0 saturated carbocycles. The van der Waals surface area contributed by atoms with Crippen LogP contribution in [0.5, 0.6) is 5.75 Å². The van der Waals surface area contributed by atoms with Crippen molar-refractivity contribution in [3.8, 4) is 5.75 Å². The highest BCUT2D eigenvalue weighted by Gasteiger charge is 2.27. The number of carbonyl (C=O) groups is 1. The van der Waals surface area contributed by atoms with Crippen molar-refractivity contribution in [2.45, 2.75) is 39.2 Å². The highest BCUT2D eigenvalue weighted by molar-refractivity contribution is 6.32. The van der Waals surface area contributed by atoms with Crippen molar-refractivity contribution in [2.75, 3.05) is 12.4 Å². The van der Waals surface area contributed by atoms with Crippen LogP contribution in [0.2, 0.25) is 5.02 Å². The van der Waals surface area contributed by atoms with Crippen LogP contribution in [0.1, 0.15) is 41.7 Å². The zero-order valence-electron chi connectivity index (χ0n) is 18.6. The fourth-order valence-electron chi connectivity index (χ4n) is 4.24. The molecule has 5 heteroatoms. The van der Waals surface area contributed by atoms with Crippen molar-refractivity contribution >= 4 is 28.9 Å². The number of methoxy groups -OCH3 is 1. The first-order valence-electron chi connectivity index (χ1n) is 11.0. The average Bonchev–Trinajstić information content (AvgIpc) is 2.95. The van der Waals surface area contributed by atoms with E-state index in [2.05, 4.69) is 37.4 Å². The van der Waals surface area contributed by atoms with Crippen LogP contribution in [0.15, 0.2) is 65.7 Å². The van der Waals surface area contributed by atoms with Gasteiger partial charge in [0.15, 0.2) is 0 Å². The molecule has 0 aromatic heterocycles. The first-order valence-corrected chi connectivity index (χ1v) is 11.3. The Hall–Kier alpha value is -3.11. The molecule has 1 heterocycles. The number of nitrogens with one attached hydrogen (secondary N) is 1. The summed E-state index contributed by atoms with van der Waals surface area (Å²) in [5.74, 6) is 0.662. The fraction of sp³-hybridized carbons (Fsp3) is 0.259. The van der Waals surface area contributed by atoms with Crippen LogP contribution in [0, 0.1) is 0 Å². The van der Waals surface area contributed by atoms with Crippen molar-refractivity contribution in [2.24, 2.45) is 4.99 Å². The number of hydrogen-bond donors (Lipinski definition) is 1. The van der Waals surface area contributed by atoms with Crippen LogP contribution >= 0.6 is 11.6 Å². The molecule has 4 rings (SSSR count). The summed E-state index contributed by atoms with van der Waals surface area (Å²) in [6.45, 7) is 4.30. The Morgan fingerprint density at radius 3 is 2.31 bits per heavy atom. The van der Waals surface area contributed by atoms with E-state index in [1.807, 2.05) is 36.4 Å². The molecule has 1 aliphatic rings. The number of nitrogens with zero attached hydrogens (tertiary/aromatic N) is 1. The van der Waals surface area contributed by atoms with Gasteiger partial charge < -0.3 is 10.1 Å². The van der Waals surface area contributed by atoms with Crippen LogP contribution in [0.3, 0.4) is 0 Å². The van der Waals surface area contributed by atoms with Gasteiger partial charge in [0.2, 0.25) is 5.91 Å². The number of fused-ring (bicyclic) bond motifs is 1. The molecule has 1 atom stereocenters. The first-order chi connectivity index (χ1) is 15.5. The van der Waals surface area contributed by atoms with Gasteiger partial charge in [0, 0.05) is 22.6 Å². The Morgan fingerprint density at radius 1 is 1.00 bits per heavy atom. The topological polar surface area (TPSA) is 50.7 Å². The lowest BCUT2D eigenvalue weighted by atomic mass is 9.92. The van der Waals surface area contributed by atoms with E-state index < -0.39 is 6.04 Å². The number of halogens is 1. The van der Waals surface area contributed by atoms with E-state index in [0.29, 0.717) is 11.4 Å². The van der Waals surface area contributed by atoms with Gasteiger partial charge in [-0.15, -0.1) is 0 Å². The molecule has 1 aliphatic heterocycles. The number of carbonyl (C=O) groups excluding carboxylic acids is 1. The van der Waals surface area contributed by atoms with Crippen molar-refractivity contribution < 1.29 is 9.53 Å². The number of benzodiazepines with no additional fused rings is 1. The predicted octanol–water partition coefficient (Wildman–Crippen LogP) is 5.87. The van der Waals surface area contributed by atoms with Crippen molar-refractivity contribution in [1.29, 1.82) is 0 Å². The molecule has 0 spiro atoms. The SMILES string of the molecule is CCc1cccc(CC)c1CC1N=C(c2ccc(OC)cc2)c2cc(Cl)ccc2NC1=O. The molecule has 0 radical (unpaired) electrons. The summed E-state index contributed by atoms with van der Waals surface area (Å²) in [6, 6.07) is 19.1. The molecule has 32 heavy (non-hydrogen) atoms. The van der Waals surface area contributed by atoms with Gasteiger partial charge in [-0.05, 0) is 72.0 Å². The van der Waals surface area contributed by atoms with E-state index in [-0.39, 0.29) is 5.91 Å². The summed E-state index contributed by atoms with van der Waals surface area (Å²) in [7, 11) is 1.64. The summed E-state index contributed by atoms with van der Waals surface area (Å²) < 4.78 is 5.31. The highest BCUT2D eigenvalue weighted by atomic mass is 35.5. The van der Waals surface area contributed by atoms with E-state index >= 15 is 0 Å². The molecule has 0 bridgehead atoms. The summed E-state index contributed by atoms with van der Waals surface area (Å²) in [5.41, 5.74) is 6.95. The van der Waals surface area contributed by atoms with Gasteiger partial charge in [-0.1, -0.05) is 43.6 Å². The van der Waals surface area contributed by atoms with Gasteiger partial charge in [0.1, 0.15) is 11.8 Å². The lowest BCUT2D eigenvalue weighted by Crippen LogP contribution is -2.28. The van der Waals surface area contributed by atoms with E-state index in [4.69, 9.17) is 21.3 Å². The lowest BCUT2D eigenvalue weighted by molar-refractivity contribution is -0.117. The van der Waals surface area contributed by atoms with Crippen LogP contribution in [-0.2, 0) is 24.1 Å². The molecule has 3 aromatic carbocycles. The molecule has 1 unspecified atom stereocenters. The Balaban J connectivity index is 1.84. The Labute approximate surface area is 194 Å². The summed E-state index contributed by atoms with van der Waals surface area (Å²) in [4.78, 5) is 18.3. The zero-order valence-corrected chi connectivity index (χ0v) is 19.4. The van der Waals surface area contributed by atoms with Crippen molar-refractivity contribution in [3.63, 3.8) is 0 Å². The fourth-order valence-corrected chi connectivity index (χ4v) is 4.42. The van der Waals surface area contributed by atoms with Gasteiger partial charge in [0.25, 0.3) is 0 Å². The second kappa shape index (κ2) is 9.58. The summed E-state index contributed by atoms with van der Waals surface area (Å²) in [5, 5.41) is 3.68. The number of rotatable bonds is 6. The van der Waals surface area contributed by atoms with E-state index in [1.165, 1.54) is 16.7 Å². The first kappa shape index (κ1) is 22.1. The monoisotopic (exact) mass is 446 g/mol. The molecule has 4 nitrogen and oxygen atoms in total. The normalized spacial score (nSPS) is 15.4. The number of aryl methyl sites for hydroxylation is 2. The number of amides is 1. The number of benzene rings is 3. The number of ether oxygens (including phenoxy) is 1. The predicted molar refractivity (Wildman–Crippen MR) is 131 cm³/mol. The molecule has 0 saturated heterocycles. The number of hydrogen-bond acceptors (Lipinski definition) is 3. The van der Waals surface area contributed by atoms with Crippen LogP contribution in [-0.4, -0.2) is 24.8 Å². The minimum atomic E-state index is -0.545. The Morgan fingerprint density at radius 2 is 1.69 bits per heavy atom. The molecule has 1 N–H and O–H groups in total. The van der Waals surface area contributed by atoms with Crippen LogP contribution < -0.4 is 10.1 Å². The minimum Gasteiger partial charge on any atom is -0.497 e. The van der Waals surface area contributed by atoms with E-state index in [0.717, 1.165) is 41.1 Å². The third-order valence-electron chi connectivity index (χ3n) is 5.97. The van der Waals surface area contributed by atoms with Gasteiger partial charge in [0.05, 0.1) is 18.5 Å². The second-order valence-electron chi connectivity index (χ2n) is 7.87. The highest BCUT2D eigenvalue weighted by Crippen LogP contribution is 2.29. The smallest absolute Gasteiger partial charge is 0.249 e. The van der Waals surface area contributed by atoms with Gasteiger partial charge >= 0.3 is 0 Å². The van der Waals surface area contributed by atoms with Crippen molar-refractivity contribution in [1.82, 2.24) is 0 Å². The Kier molecular flexibility index (Phi) is 6.61. The van der Waals surface area contributed by atoms with Crippen LogP contribution in [0.4, 0.5) is 5.69 Å². The largest absolute Gasteiger partial charge is 0.497 e. The maximum absolute atomic E-state index is 13.3. The summed E-state index contributed by atoms with van der Waals surface area (Å²) >= 11 is 6.32. The third-order valence-corrected chi connectivity index (χ3v) is 6.21. The molecular formula is C27H27ClN2O2. The van der Waals surface area contributed by atoms with Crippen molar-refractivity contribution in [3.05, 3.63) is 93.5 Å². The molecule has 0 fully saturated rings. The molecule has 1 amide bonds. The molecular weight excluding hydrogens is 420 g/mol. The quantitative estimate of drug-likeness (QED) is 0.514. The average molecular weight is 447 g/mol. The maximum atomic E-state index is 13.3. The molecule has 3 aromatic rings. The Bertz CT molecular complexity index is 1150. The van der Waals surface area contributed by atoms with Gasteiger partial charge in [-0.3, -0.25) is 9.79 Å². The second-order valence-corrected chi connectivity index (χ2v) is 8.30. The van der Waals surface area contributed by atoms with Gasteiger partial charge in [-0.2, -0.15) is 0 Å². The van der Waals surface area contributed by atoms with Gasteiger partial charge in [-0.25, -0.2) is 0 Å². The summed E-state index contributed by atoms with van der Waals surface area (Å²) in [6.07, 6.45) is 2.39. The number of anilines is 1. The zero-order chi connectivity index (χ0) is 22.7.